The molecule has 0 aliphatic rings. The summed E-state index contributed by atoms with van der Waals surface area (Å²) >= 11 is 3.51. The molecular formula is C27H25BrN2O4. The van der Waals surface area contributed by atoms with Gasteiger partial charge in [0.25, 0.3) is 5.91 Å². The number of nitrogens with zero attached hydrogens (tertiary/aromatic N) is 1. The van der Waals surface area contributed by atoms with Gasteiger partial charge in [-0.15, -0.1) is 0 Å². The van der Waals surface area contributed by atoms with Gasteiger partial charge in [-0.3, -0.25) is 4.79 Å². The lowest BCUT2D eigenvalue weighted by Gasteiger charge is -2.13. The first-order valence-electron chi connectivity index (χ1n) is 10.5. The Morgan fingerprint density at radius 3 is 2.29 bits per heavy atom. The van der Waals surface area contributed by atoms with Crippen molar-refractivity contribution in [2.75, 3.05) is 14.2 Å². The smallest absolute Gasteiger partial charge is 0.262 e. The van der Waals surface area contributed by atoms with Crippen LogP contribution in [0.15, 0.2) is 70.7 Å². The van der Waals surface area contributed by atoms with E-state index in [0.29, 0.717) is 28.1 Å². The summed E-state index contributed by atoms with van der Waals surface area (Å²) < 4.78 is 17.2. The zero-order valence-electron chi connectivity index (χ0n) is 19.2. The molecule has 0 saturated heterocycles. The van der Waals surface area contributed by atoms with Crippen molar-refractivity contribution in [2.24, 2.45) is 0 Å². The monoisotopic (exact) mass is 520 g/mol. The van der Waals surface area contributed by atoms with E-state index in [1.807, 2.05) is 61.5 Å². The molecule has 0 aliphatic carbocycles. The van der Waals surface area contributed by atoms with Gasteiger partial charge in [0.1, 0.15) is 24.0 Å². The van der Waals surface area contributed by atoms with Crippen LogP contribution < -0.4 is 19.5 Å². The number of hydrogen-bond donors (Lipinski definition) is 1. The van der Waals surface area contributed by atoms with E-state index in [0.717, 1.165) is 16.9 Å². The Morgan fingerprint density at radius 2 is 1.68 bits per heavy atom. The van der Waals surface area contributed by atoms with E-state index >= 15 is 0 Å². The second kappa shape index (κ2) is 11.9. The standard InChI is InChI=1S/C27H25BrN2O4/c1-18-4-6-20(7-5-18)17-34-26-14-24(28)21(13-25(26)33-3)12-22(15-29)27(31)30-16-19-8-10-23(32-2)11-9-19/h4-14H,16-17H2,1-3H3,(H,30,31)/b22-12-. The highest BCUT2D eigenvalue weighted by molar-refractivity contribution is 9.10. The van der Waals surface area contributed by atoms with Gasteiger partial charge in [-0.1, -0.05) is 57.9 Å². The van der Waals surface area contributed by atoms with E-state index in [1.165, 1.54) is 11.6 Å². The number of carbonyl (C=O) groups is 1. The maximum absolute atomic E-state index is 12.6. The summed E-state index contributed by atoms with van der Waals surface area (Å²) in [5, 5.41) is 12.3. The first-order chi connectivity index (χ1) is 16.4. The van der Waals surface area contributed by atoms with Gasteiger partial charge in [0.2, 0.25) is 0 Å². The van der Waals surface area contributed by atoms with Crippen molar-refractivity contribution in [3.8, 4) is 23.3 Å². The molecule has 3 aromatic rings. The topological polar surface area (TPSA) is 80.6 Å². The van der Waals surface area contributed by atoms with Crippen molar-refractivity contribution < 1.29 is 19.0 Å². The molecule has 0 bridgehead atoms. The van der Waals surface area contributed by atoms with Gasteiger partial charge in [-0.2, -0.15) is 5.26 Å². The normalized spacial score (nSPS) is 10.9. The SMILES string of the molecule is COc1ccc(CNC(=O)/C(C#N)=C\c2cc(OC)c(OCc3ccc(C)cc3)cc2Br)cc1. The van der Waals surface area contributed by atoms with Crippen LogP contribution >= 0.6 is 15.9 Å². The summed E-state index contributed by atoms with van der Waals surface area (Å²) in [5.74, 6) is 1.31. The molecule has 1 N–H and O–H groups in total. The van der Waals surface area contributed by atoms with E-state index in [2.05, 4.69) is 21.2 Å². The predicted molar refractivity (Wildman–Crippen MR) is 135 cm³/mol. The average molecular weight is 521 g/mol. The van der Waals surface area contributed by atoms with Crippen LogP contribution in [0.4, 0.5) is 0 Å². The molecule has 0 saturated carbocycles. The van der Waals surface area contributed by atoms with Gasteiger partial charge in [-0.25, -0.2) is 0 Å². The Bertz CT molecular complexity index is 1210. The van der Waals surface area contributed by atoms with E-state index in [-0.39, 0.29) is 12.1 Å². The molecule has 7 heteroatoms. The largest absolute Gasteiger partial charge is 0.497 e. The highest BCUT2D eigenvalue weighted by Gasteiger charge is 2.14. The fourth-order valence-corrected chi connectivity index (χ4v) is 3.54. The summed E-state index contributed by atoms with van der Waals surface area (Å²) in [6.07, 6.45) is 1.51. The average Bonchev–Trinajstić information content (AvgIpc) is 2.86. The molecule has 1 amide bonds. The molecular weight excluding hydrogens is 496 g/mol. The van der Waals surface area contributed by atoms with Crippen molar-refractivity contribution in [2.45, 2.75) is 20.1 Å². The molecule has 3 rings (SSSR count). The minimum Gasteiger partial charge on any atom is -0.497 e. The molecule has 0 unspecified atom stereocenters. The number of ether oxygens (including phenoxy) is 3. The van der Waals surface area contributed by atoms with Gasteiger partial charge in [0.05, 0.1) is 14.2 Å². The number of rotatable bonds is 9. The molecule has 0 heterocycles. The molecule has 6 nitrogen and oxygen atoms in total. The van der Waals surface area contributed by atoms with Crippen LogP contribution in [0.25, 0.3) is 6.08 Å². The Balaban J connectivity index is 1.73. The Morgan fingerprint density at radius 1 is 1.00 bits per heavy atom. The van der Waals surface area contributed by atoms with Crippen LogP contribution in [-0.2, 0) is 17.9 Å². The zero-order chi connectivity index (χ0) is 24.5. The highest BCUT2D eigenvalue weighted by Crippen LogP contribution is 2.35. The molecule has 0 atom stereocenters. The molecule has 34 heavy (non-hydrogen) atoms. The van der Waals surface area contributed by atoms with E-state index in [4.69, 9.17) is 14.2 Å². The van der Waals surface area contributed by atoms with Crippen LogP contribution in [0.5, 0.6) is 17.2 Å². The van der Waals surface area contributed by atoms with Crippen LogP contribution in [0.3, 0.4) is 0 Å². The second-order valence-corrected chi connectivity index (χ2v) is 8.35. The molecule has 0 fully saturated rings. The lowest BCUT2D eigenvalue weighted by molar-refractivity contribution is -0.117. The van der Waals surface area contributed by atoms with Gasteiger partial charge in [-0.05, 0) is 54.0 Å². The van der Waals surface area contributed by atoms with Crippen LogP contribution in [-0.4, -0.2) is 20.1 Å². The number of aryl methyl sites for hydroxylation is 1. The fraction of sp³-hybridized carbons (Fsp3) is 0.185. The molecule has 174 valence electrons. The van der Waals surface area contributed by atoms with Crippen molar-refractivity contribution in [1.82, 2.24) is 5.32 Å². The summed E-state index contributed by atoms with van der Waals surface area (Å²) in [7, 11) is 3.14. The van der Waals surface area contributed by atoms with Gasteiger partial charge in [0.15, 0.2) is 11.5 Å². The van der Waals surface area contributed by atoms with Gasteiger partial charge in [0, 0.05) is 11.0 Å². The zero-order valence-corrected chi connectivity index (χ0v) is 20.8. The fourth-order valence-electron chi connectivity index (χ4n) is 3.10. The molecule has 0 aromatic heterocycles. The van der Waals surface area contributed by atoms with Crippen molar-refractivity contribution in [3.05, 3.63) is 93.0 Å². The third-order valence-corrected chi connectivity index (χ3v) is 5.76. The summed E-state index contributed by atoms with van der Waals surface area (Å²) in [4.78, 5) is 12.6. The number of amides is 1. The summed E-state index contributed by atoms with van der Waals surface area (Å²) in [5.41, 5.74) is 3.71. The Hall–Kier alpha value is -3.76. The maximum Gasteiger partial charge on any atom is 0.262 e. The third-order valence-electron chi connectivity index (χ3n) is 5.07. The van der Waals surface area contributed by atoms with E-state index in [1.54, 1.807) is 26.4 Å². The van der Waals surface area contributed by atoms with Crippen LogP contribution in [0.2, 0.25) is 0 Å². The van der Waals surface area contributed by atoms with E-state index in [9.17, 15) is 10.1 Å². The molecule has 0 radical (unpaired) electrons. The first-order valence-corrected chi connectivity index (χ1v) is 11.3. The van der Waals surface area contributed by atoms with Crippen molar-refractivity contribution in [1.29, 1.82) is 5.26 Å². The minimum absolute atomic E-state index is 0.0235. The molecule has 0 aliphatic heterocycles. The Labute approximate surface area is 207 Å². The summed E-state index contributed by atoms with van der Waals surface area (Å²) in [6, 6.07) is 20.9. The van der Waals surface area contributed by atoms with E-state index < -0.39 is 5.91 Å². The van der Waals surface area contributed by atoms with Crippen LogP contribution in [0.1, 0.15) is 22.3 Å². The summed E-state index contributed by atoms with van der Waals surface area (Å²) in [6.45, 7) is 2.71. The maximum atomic E-state index is 12.6. The number of nitriles is 1. The van der Waals surface area contributed by atoms with Crippen LogP contribution in [0, 0.1) is 18.3 Å². The van der Waals surface area contributed by atoms with Crippen molar-refractivity contribution >= 4 is 27.9 Å². The first kappa shape index (κ1) is 24.9. The molecule has 0 spiro atoms. The van der Waals surface area contributed by atoms with Crippen molar-refractivity contribution in [3.63, 3.8) is 0 Å². The quantitative estimate of drug-likeness (QED) is 0.294. The number of halogens is 1. The highest BCUT2D eigenvalue weighted by atomic mass is 79.9. The van der Waals surface area contributed by atoms with Gasteiger partial charge >= 0.3 is 0 Å². The number of hydrogen-bond acceptors (Lipinski definition) is 5. The predicted octanol–water partition coefficient (Wildman–Crippen LogP) is 5.58. The number of carbonyl (C=O) groups excluding carboxylic acids is 1. The number of methoxy groups -OCH3 is 2. The Kier molecular flexibility index (Phi) is 8.72. The molecule has 3 aromatic carbocycles. The number of nitrogens with one attached hydrogen (secondary N) is 1. The third kappa shape index (κ3) is 6.63. The minimum atomic E-state index is -0.469. The number of benzene rings is 3. The van der Waals surface area contributed by atoms with Gasteiger partial charge < -0.3 is 19.5 Å². The second-order valence-electron chi connectivity index (χ2n) is 7.50. The lowest BCUT2D eigenvalue weighted by atomic mass is 10.1. The lowest BCUT2D eigenvalue weighted by Crippen LogP contribution is -2.23.